The van der Waals surface area contributed by atoms with E-state index in [-0.39, 0.29) is 128 Å². The molecule has 18 nitrogen and oxygen atoms in total. The number of halogens is 1. The Bertz CT molecular complexity index is 2040. The Morgan fingerprint density at radius 1 is 0.829 bits per heavy atom. The number of aliphatic carboxylic acids is 1. The van der Waals surface area contributed by atoms with E-state index in [2.05, 4.69) is 26.6 Å². The lowest BCUT2D eigenvalue weighted by atomic mass is 9.83. The molecule has 19 heteroatoms. The number of likely N-dealkylation sites (tertiary alicyclic amines) is 1. The molecule has 0 spiro atoms. The Morgan fingerprint density at radius 2 is 1.47 bits per heavy atom. The van der Waals surface area contributed by atoms with Gasteiger partial charge in [0, 0.05) is 83.8 Å². The smallest absolute Gasteiger partial charge is 0.307 e. The number of carbonyl (C=O) groups excluding carboxylic acids is 7. The zero-order chi connectivity index (χ0) is 57.2. The molecule has 9 atom stereocenters. The van der Waals surface area contributed by atoms with E-state index in [1.807, 2.05) is 67.5 Å². The van der Waals surface area contributed by atoms with Gasteiger partial charge in [-0.1, -0.05) is 73.9 Å². The molecule has 0 radical (unpaired) electrons. The highest BCUT2D eigenvalue weighted by Crippen LogP contribution is 2.32. The van der Waals surface area contributed by atoms with Crippen LogP contribution in [0.3, 0.4) is 0 Å². The van der Waals surface area contributed by atoms with E-state index >= 15 is 0 Å². The third-order valence-electron chi connectivity index (χ3n) is 14.5. The monoisotopic (exact) mass is 1130 g/mol. The summed E-state index contributed by atoms with van der Waals surface area (Å²) in [6, 6.07) is 5.53. The number of ether oxygens (including phenoxy) is 4. The Labute approximate surface area is 461 Å². The van der Waals surface area contributed by atoms with Gasteiger partial charge in [-0.3, -0.25) is 43.3 Å². The van der Waals surface area contributed by atoms with Crippen LogP contribution in [-0.4, -0.2) is 172 Å². The second-order valence-corrected chi connectivity index (χ2v) is 22.1. The van der Waals surface area contributed by atoms with E-state index in [0.29, 0.717) is 56.6 Å². The molecule has 0 saturated carbocycles. The summed E-state index contributed by atoms with van der Waals surface area (Å²) in [5.74, 6) is -4.98. The van der Waals surface area contributed by atoms with Crippen molar-refractivity contribution in [3.05, 3.63) is 40.4 Å². The minimum atomic E-state index is -1.12. The predicted molar refractivity (Wildman–Crippen MR) is 297 cm³/mol. The molecule has 2 rings (SSSR count). The van der Waals surface area contributed by atoms with E-state index in [4.69, 9.17) is 18.9 Å². The minimum Gasteiger partial charge on any atom is -0.481 e. The Hall–Kier alpha value is -4.40. The molecule has 1 aliphatic heterocycles. The number of carboxylic acid groups (broad SMARTS) is 1. The number of nitrogens with one attached hydrogen (secondary N) is 2. The van der Waals surface area contributed by atoms with Crippen LogP contribution in [0.15, 0.2) is 34.8 Å². The number of nitrogens with zero attached hydrogens (tertiary/aromatic N) is 3. The summed E-state index contributed by atoms with van der Waals surface area (Å²) in [4.78, 5) is 111. The van der Waals surface area contributed by atoms with Crippen LogP contribution >= 0.6 is 15.9 Å². The molecule has 2 unspecified atom stereocenters. The molecule has 76 heavy (non-hydrogen) atoms. The summed E-state index contributed by atoms with van der Waals surface area (Å²) < 4.78 is 23.2. The standard InChI is InChI=1S/C57H92BrN5O13/c1-14-25-59-55(69)45(58)33-43(64)18-17-27-75-29-30-76-28-24-50(67)60-42-22-20-40(21-23-42)31-41(57(71)72)32-47(65)39(8)54(74-13)46-19-16-26-63(46)51(68)35-49(73-12)53(38(7)15-2)62(11)56(70)44(36(3)4)34-48(66)52(37(5)6)61(9)10/h20-23,33,36-39,41,44,46,49,52-54H,14-19,24-32,34-35H2,1-13H3,(H,59,69)(H,60,67)(H,71,72)/b45-33+/t38?,39-,41+,44-,46-,49?,52-,53-,54+/m0/s1. The van der Waals surface area contributed by atoms with Gasteiger partial charge in [-0.2, -0.15) is 0 Å². The maximum absolute atomic E-state index is 14.4. The van der Waals surface area contributed by atoms with Crippen LogP contribution in [0.5, 0.6) is 0 Å². The molecule has 1 heterocycles. The molecule has 430 valence electrons. The average Bonchev–Trinajstić information content (AvgIpc) is 3.85. The molecular formula is C57H92BrN5O13. The van der Waals surface area contributed by atoms with Crippen molar-refractivity contribution in [1.82, 2.24) is 20.0 Å². The first-order valence-electron chi connectivity index (χ1n) is 27.2. The van der Waals surface area contributed by atoms with Crippen LogP contribution in [0.2, 0.25) is 0 Å². The van der Waals surface area contributed by atoms with Crippen molar-refractivity contribution in [2.75, 3.05) is 80.2 Å². The minimum absolute atomic E-state index is 0.0171. The van der Waals surface area contributed by atoms with E-state index in [1.54, 1.807) is 55.1 Å². The van der Waals surface area contributed by atoms with Crippen LogP contribution < -0.4 is 10.6 Å². The fraction of sp³-hybridized carbons (Fsp3) is 0.719. The Balaban J connectivity index is 1.99. The van der Waals surface area contributed by atoms with E-state index in [0.717, 1.165) is 6.42 Å². The van der Waals surface area contributed by atoms with E-state index in [1.165, 1.54) is 13.2 Å². The number of rotatable bonds is 38. The number of hydrogen-bond donors (Lipinski definition) is 3. The first kappa shape index (κ1) is 67.7. The highest BCUT2D eigenvalue weighted by atomic mass is 79.9. The summed E-state index contributed by atoms with van der Waals surface area (Å²) >= 11 is 3.13. The van der Waals surface area contributed by atoms with Gasteiger partial charge < -0.3 is 44.5 Å². The topological polar surface area (TPSA) is 227 Å². The van der Waals surface area contributed by atoms with Crippen molar-refractivity contribution in [1.29, 1.82) is 0 Å². The number of methoxy groups -OCH3 is 2. The van der Waals surface area contributed by atoms with Crippen LogP contribution in [0.1, 0.15) is 125 Å². The first-order valence-corrected chi connectivity index (χ1v) is 28.0. The second kappa shape index (κ2) is 35.2. The molecule has 1 aliphatic rings. The number of carboxylic acids is 1. The highest BCUT2D eigenvalue weighted by Gasteiger charge is 2.43. The fourth-order valence-corrected chi connectivity index (χ4v) is 10.5. The van der Waals surface area contributed by atoms with Gasteiger partial charge >= 0.3 is 5.97 Å². The van der Waals surface area contributed by atoms with Crippen LogP contribution in [0.4, 0.5) is 5.69 Å². The van der Waals surface area contributed by atoms with Gasteiger partial charge in [-0.05, 0) is 97.6 Å². The maximum atomic E-state index is 14.4. The number of Topliss-reactive ketones (excluding diaryl/α,β-unsaturated/α-hetero) is 2. The third-order valence-corrected chi connectivity index (χ3v) is 15.1. The number of ketones is 3. The lowest BCUT2D eigenvalue weighted by molar-refractivity contribution is -0.149. The van der Waals surface area contributed by atoms with Gasteiger partial charge in [0.2, 0.25) is 17.7 Å². The van der Waals surface area contributed by atoms with Gasteiger partial charge in [-0.15, -0.1) is 0 Å². The molecule has 0 bridgehead atoms. The van der Waals surface area contributed by atoms with Gasteiger partial charge in [0.1, 0.15) is 5.78 Å². The molecular weight excluding hydrogens is 1040 g/mol. The maximum Gasteiger partial charge on any atom is 0.307 e. The number of allylic oxidation sites excluding steroid dienone is 1. The molecule has 1 saturated heterocycles. The SMILES string of the molecule is CCCNC(=O)/C(Br)=C\C(=O)CCCOCCOCCC(=O)Nc1ccc(C[C@H](CC(=O)[C@H](C)[C@@H](OC)[C@@H]2CCCN2C(=O)CC(OC)[C@H](C(C)CC)N(C)C(=O)[C@@H](CC(=O)[C@H](C(C)C)N(C)C)C(C)C)C(=O)O)cc1. The number of likely N-dealkylation sites (N-methyl/N-ethyl adjacent to an activating group) is 2. The number of anilines is 1. The van der Waals surface area contributed by atoms with Crippen LogP contribution in [0.25, 0.3) is 0 Å². The number of amides is 4. The summed E-state index contributed by atoms with van der Waals surface area (Å²) in [6.07, 6.45) is 3.36. The zero-order valence-corrected chi connectivity index (χ0v) is 49.4. The molecule has 1 fully saturated rings. The Kier molecular flexibility index (Phi) is 31.3. The van der Waals surface area contributed by atoms with Gasteiger partial charge in [0.15, 0.2) is 11.6 Å². The molecule has 0 aliphatic carbocycles. The summed E-state index contributed by atoms with van der Waals surface area (Å²) in [5, 5.41) is 15.8. The summed E-state index contributed by atoms with van der Waals surface area (Å²) in [6.45, 7) is 17.6. The van der Waals surface area contributed by atoms with Crippen molar-refractivity contribution >= 4 is 68.6 Å². The largest absolute Gasteiger partial charge is 0.481 e. The fourth-order valence-electron chi connectivity index (χ4n) is 10.1. The highest BCUT2D eigenvalue weighted by molar-refractivity contribution is 9.12. The summed E-state index contributed by atoms with van der Waals surface area (Å²) in [5.41, 5.74) is 1.18. The van der Waals surface area contributed by atoms with Crippen molar-refractivity contribution in [2.24, 2.45) is 35.5 Å². The normalized spacial score (nSPS) is 17.1. The average molecular weight is 1140 g/mol. The quantitative estimate of drug-likeness (QED) is 0.0442. The van der Waals surface area contributed by atoms with Crippen LogP contribution in [-0.2, 0) is 63.7 Å². The van der Waals surface area contributed by atoms with Crippen molar-refractivity contribution in [2.45, 2.75) is 156 Å². The number of benzene rings is 1. The van der Waals surface area contributed by atoms with E-state index < -0.39 is 48.0 Å². The van der Waals surface area contributed by atoms with E-state index in [9.17, 15) is 43.5 Å². The first-order chi connectivity index (χ1) is 35.9. The lowest BCUT2D eigenvalue weighted by Gasteiger charge is -2.41. The zero-order valence-electron chi connectivity index (χ0n) is 47.8. The summed E-state index contributed by atoms with van der Waals surface area (Å²) in [7, 11) is 8.54. The number of hydrogen-bond acceptors (Lipinski definition) is 13. The lowest BCUT2D eigenvalue weighted by Crippen LogP contribution is -2.54. The van der Waals surface area contributed by atoms with Gasteiger partial charge in [0.05, 0.1) is 73.4 Å². The molecule has 1 aromatic carbocycles. The predicted octanol–water partition coefficient (Wildman–Crippen LogP) is 7.14. The second-order valence-electron chi connectivity index (χ2n) is 21.2. The van der Waals surface area contributed by atoms with Gasteiger partial charge in [0.25, 0.3) is 5.91 Å². The third kappa shape index (κ3) is 22.2. The molecule has 3 N–H and O–H groups in total. The van der Waals surface area contributed by atoms with Gasteiger partial charge in [-0.25, -0.2) is 0 Å². The van der Waals surface area contributed by atoms with Crippen LogP contribution in [0, 0.1) is 35.5 Å². The molecule has 4 amide bonds. The molecule has 1 aromatic rings. The van der Waals surface area contributed by atoms with Crippen molar-refractivity contribution in [3.8, 4) is 0 Å². The Morgan fingerprint density at radius 3 is 2.03 bits per heavy atom. The number of carbonyl (C=O) groups is 8. The van der Waals surface area contributed by atoms with Crippen molar-refractivity contribution in [3.63, 3.8) is 0 Å². The van der Waals surface area contributed by atoms with Crippen molar-refractivity contribution < 1.29 is 62.4 Å². The molecule has 0 aromatic heterocycles.